The van der Waals surface area contributed by atoms with Crippen LogP contribution in [0.3, 0.4) is 0 Å². The van der Waals surface area contributed by atoms with Gasteiger partial charge in [-0.05, 0) is 61.4 Å². The molecule has 150 valence electrons. The van der Waals surface area contributed by atoms with Crippen LogP contribution in [0.15, 0.2) is 41.4 Å². The fourth-order valence-corrected chi connectivity index (χ4v) is 4.09. The van der Waals surface area contributed by atoms with E-state index in [1.165, 1.54) is 11.3 Å². The molecule has 0 bridgehead atoms. The Morgan fingerprint density at radius 1 is 1.14 bits per heavy atom. The summed E-state index contributed by atoms with van der Waals surface area (Å²) in [6.07, 6.45) is 1.70. The standard InChI is InChI=1S/C22H21ClN2O3S/c1-13-9-15(5-8-19(13)27-3)11-24-12-18(26)21-14(2)25-22(29-21)17-7-6-16(23)10-20(17)28-4/h5-11H,12H2,1-4H3. The lowest BCUT2D eigenvalue weighted by Crippen LogP contribution is -2.03. The van der Waals surface area contributed by atoms with Gasteiger partial charge in [0.25, 0.3) is 0 Å². The number of rotatable bonds is 7. The molecule has 0 aliphatic rings. The summed E-state index contributed by atoms with van der Waals surface area (Å²) in [7, 11) is 3.22. The first-order chi connectivity index (χ1) is 13.9. The van der Waals surface area contributed by atoms with Crippen molar-refractivity contribution in [1.29, 1.82) is 0 Å². The second kappa shape index (κ2) is 9.20. The molecule has 0 fully saturated rings. The van der Waals surface area contributed by atoms with E-state index in [9.17, 15) is 4.79 Å². The van der Waals surface area contributed by atoms with Crippen LogP contribution in [0.2, 0.25) is 5.02 Å². The topological polar surface area (TPSA) is 60.8 Å². The number of benzene rings is 2. The molecule has 1 heterocycles. The summed E-state index contributed by atoms with van der Waals surface area (Å²) >= 11 is 7.37. The number of thiazole rings is 1. The van der Waals surface area contributed by atoms with E-state index in [-0.39, 0.29) is 12.3 Å². The van der Waals surface area contributed by atoms with Crippen LogP contribution in [0.4, 0.5) is 0 Å². The van der Waals surface area contributed by atoms with E-state index < -0.39 is 0 Å². The van der Waals surface area contributed by atoms with Gasteiger partial charge in [0.2, 0.25) is 0 Å². The molecule has 2 aromatic carbocycles. The summed E-state index contributed by atoms with van der Waals surface area (Å²) in [6.45, 7) is 3.85. The van der Waals surface area contributed by atoms with Crippen molar-refractivity contribution in [1.82, 2.24) is 4.98 Å². The lowest BCUT2D eigenvalue weighted by atomic mass is 10.1. The molecule has 0 spiro atoms. The predicted molar refractivity (Wildman–Crippen MR) is 118 cm³/mol. The molecule has 0 unspecified atom stereocenters. The Morgan fingerprint density at radius 2 is 1.90 bits per heavy atom. The molecule has 0 amide bonds. The molecule has 0 saturated carbocycles. The van der Waals surface area contributed by atoms with Crippen molar-refractivity contribution in [3.05, 3.63) is 63.1 Å². The Hall–Kier alpha value is -2.70. The number of carbonyl (C=O) groups excluding carboxylic acids is 1. The van der Waals surface area contributed by atoms with Gasteiger partial charge in [-0.3, -0.25) is 9.79 Å². The van der Waals surface area contributed by atoms with E-state index >= 15 is 0 Å². The van der Waals surface area contributed by atoms with Gasteiger partial charge in [-0.1, -0.05) is 11.6 Å². The average Bonchev–Trinajstić information content (AvgIpc) is 3.09. The fraction of sp³-hybridized carbons (Fsp3) is 0.227. The molecule has 0 N–H and O–H groups in total. The van der Waals surface area contributed by atoms with Crippen LogP contribution < -0.4 is 9.47 Å². The lowest BCUT2D eigenvalue weighted by Gasteiger charge is -2.05. The van der Waals surface area contributed by atoms with Gasteiger partial charge in [-0.2, -0.15) is 0 Å². The summed E-state index contributed by atoms with van der Waals surface area (Å²) in [5.41, 5.74) is 3.43. The van der Waals surface area contributed by atoms with Crippen molar-refractivity contribution in [2.45, 2.75) is 13.8 Å². The first kappa shape index (κ1) is 21.0. The van der Waals surface area contributed by atoms with Crippen molar-refractivity contribution >= 4 is 34.9 Å². The molecule has 0 aliphatic heterocycles. The van der Waals surface area contributed by atoms with Crippen LogP contribution in [0, 0.1) is 13.8 Å². The number of Topliss-reactive ketones (excluding diaryl/α,β-unsaturated/α-hetero) is 1. The summed E-state index contributed by atoms with van der Waals surface area (Å²) in [4.78, 5) is 22.1. The maximum absolute atomic E-state index is 12.7. The summed E-state index contributed by atoms with van der Waals surface area (Å²) < 4.78 is 10.7. The van der Waals surface area contributed by atoms with Gasteiger partial charge in [-0.15, -0.1) is 11.3 Å². The number of nitrogens with zero attached hydrogens (tertiary/aromatic N) is 2. The highest BCUT2D eigenvalue weighted by molar-refractivity contribution is 7.17. The van der Waals surface area contributed by atoms with Crippen molar-refractivity contribution in [3.63, 3.8) is 0 Å². The average molecular weight is 429 g/mol. The molecule has 0 radical (unpaired) electrons. The smallest absolute Gasteiger partial charge is 0.196 e. The quantitative estimate of drug-likeness (QED) is 0.373. The second-order valence-corrected chi connectivity index (χ2v) is 7.84. The molecule has 7 heteroatoms. The van der Waals surface area contributed by atoms with Crippen LogP contribution in [0.25, 0.3) is 10.6 Å². The number of halogens is 1. The Labute approximate surface area is 179 Å². The maximum Gasteiger partial charge on any atom is 0.196 e. The van der Waals surface area contributed by atoms with Crippen molar-refractivity contribution in [2.75, 3.05) is 20.8 Å². The molecule has 29 heavy (non-hydrogen) atoms. The van der Waals surface area contributed by atoms with E-state index in [2.05, 4.69) is 9.98 Å². The van der Waals surface area contributed by atoms with E-state index in [1.807, 2.05) is 38.1 Å². The Balaban J connectivity index is 1.76. The monoisotopic (exact) mass is 428 g/mol. The van der Waals surface area contributed by atoms with Crippen molar-refractivity contribution in [3.8, 4) is 22.1 Å². The van der Waals surface area contributed by atoms with Crippen LogP contribution in [0.5, 0.6) is 11.5 Å². The number of hydrogen-bond donors (Lipinski definition) is 0. The Kier molecular flexibility index (Phi) is 6.67. The van der Waals surface area contributed by atoms with Crippen LogP contribution >= 0.6 is 22.9 Å². The normalized spacial score (nSPS) is 11.1. The van der Waals surface area contributed by atoms with E-state index in [0.717, 1.165) is 22.4 Å². The van der Waals surface area contributed by atoms with Gasteiger partial charge in [0.05, 0.1) is 30.4 Å². The molecule has 0 atom stereocenters. The molecule has 0 aliphatic carbocycles. The number of aryl methyl sites for hydroxylation is 2. The van der Waals surface area contributed by atoms with Gasteiger partial charge in [0.1, 0.15) is 23.1 Å². The summed E-state index contributed by atoms with van der Waals surface area (Å²) in [5.74, 6) is 1.38. The van der Waals surface area contributed by atoms with Crippen LogP contribution in [-0.4, -0.2) is 37.7 Å². The zero-order valence-electron chi connectivity index (χ0n) is 16.7. The first-order valence-corrected chi connectivity index (χ1v) is 10.1. The number of carbonyl (C=O) groups is 1. The van der Waals surface area contributed by atoms with Gasteiger partial charge >= 0.3 is 0 Å². The number of hydrogen-bond acceptors (Lipinski definition) is 6. The molecule has 0 saturated heterocycles. The SMILES string of the molecule is COc1ccc(C=NCC(=O)c2sc(-c3ccc(Cl)cc3OC)nc2C)cc1C. The molecular weight excluding hydrogens is 408 g/mol. The summed E-state index contributed by atoms with van der Waals surface area (Å²) in [5, 5.41) is 1.30. The highest BCUT2D eigenvalue weighted by Crippen LogP contribution is 2.36. The van der Waals surface area contributed by atoms with Gasteiger partial charge in [0, 0.05) is 11.2 Å². The maximum atomic E-state index is 12.7. The number of ketones is 1. The molecule has 3 aromatic rings. The van der Waals surface area contributed by atoms with E-state index in [1.54, 1.807) is 32.6 Å². The molecular formula is C22H21ClN2O3S. The highest BCUT2D eigenvalue weighted by Gasteiger charge is 2.18. The lowest BCUT2D eigenvalue weighted by molar-refractivity contribution is 0.100. The number of ether oxygens (including phenoxy) is 2. The van der Waals surface area contributed by atoms with E-state index in [0.29, 0.717) is 26.4 Å². The predicted octanol–water partition coefficient (Wildman–Crippen LogP) is 5.40. The molecule has 3 rings (SSSR count). The summed E-state index contributed by atoms with van der Waals surface area (Å²) in [6, 6.07) is 11.1. The second-order valence-electron chi connectivity index (χ2n) is 6.40. The van der Waals surface area contributed by atoms with Crippen molar-refractivity contribution in [2.24, 2.45) is 4.99 Å². The van der Waals surface area contributed by atoms with Crippen LogP contribution in [-0.2, 0) is 0 Å². The minimum Gasteiger partial charge on any atom is -0.496 e. The van der Waals surface area contributed by atoms with Crippen molar-refractivity contribution < 1.29 is 14.3 Å². The third-order valence-corrected chi connectivity index (χ3v) is 5.80. The zero-order chi connectivity index (χ0) is 21.0. The van der Waals surface area contributed by atoms with Crippen LogP contribution in [0.1, 0.15) is 26.5 Å². The molecule has 1 aromatic heterocycles. The van der Waals surface area contributed by atoms with Gasteiger partial charge in [-0.25, -0.2) is 4.98 Å². The fourth-order valence-electron chi connectivity index (χ4n) is 2.90. The number of aliphatic imine (C=N–C) groups is 1. The third kappa shape index (κ3) is 4.83. The first-order valence-electron chi connectivity index (χ1n) is 8.92. The Morgan fingerprint density at radius 3 is 2.59 bits per heavy atom. The van der Waals surface area contributed by atoms with Gasteiger partial charge in [0.15, 0.2) is 5.78 Å². The number of aromatic nitrogens is 1. The van der Waals surface area contributed by atoms with Gasteiger partial charge < -0.3 is 9.47 Å². The highest BCUT2D eigenvalue weighted by atomic mass is 35.5. The number of methoxy groups -OCH3 is 2. The third-order valence-electron chi connectivity index (χ3n) is 4.34. The zero-order valence-corrected chi connectivity index (χ0v) is 18.2. The minimum atomic E-state index is -0.0688. The Bertz CT molecular complexity index is 1080. The molecule has 5 nitrogen and oxygen atoms in total. The van der Waals surface area contributed by atoms with E-state index in [4.69, 9.17) is 21.1 Å². The largest absolute Gasteiger partial charge is 0.496 e. The minimum absolute atomic E-state index is 0.0608.